The molecule has 0 spiro atoms. The third kappa shape index (κ3) is 5.50. The second kappa shape index (κ2) is 11.5. The summed E-state index contributed by atoms with van der Waals surface area (Å²) in [5.74, 6) is 5.17. The van der Waals surface area contributed by atoms with E-state index in [1.807, 2.05) is 69.9 Å². The van der Waals surface area contributed by atoms with Gasteiger partial charge in [-0.3, -0.25) is 9.59 Å². The van der Waals surface area contributed by atoms with Gasteiger partial charge in [0, 0.05) is 31.1 Å². The summed E-state index contributed by atoms with van der Waals surface area (Å²) in [7, 11) is 1.41. The van der Waals surface area contributed by atoms with Gasteiger partial charge in [0.05, 0.1) is 24.4 Å². The molecule has 39 heavy (non-hydrogen) atoms. The first-order valence-electron chi connectivity index (χ1n) is 13.5. The number of benzene rings is 3. The normalized spacial score (nSPS) is 14.4. The van der Waals surface area contributed by atoms with Crippen molar-refractivity contribution in [3.05, 3.63) is 93.0 Å². The van der Waals surface area contributed by atoms with Crippen LogP contribution in [0.3, 0.4) is 0 Å². The Kier molecular flexibility index (Phi) is 8.31. The maximum Gasteiger partial charge on any atom is 0.309 e. The van der Waals surface area contributed by atoms with Crippen molar-refractivity contribution in [3.63, 3.8) is 0 Å². The molecule has 0 radical (unpaired) electrons. The Labute approximate surface area is 231 Å². The van der Waals surface area contributed by atoms with Gasteiger partial charge in [-0.05, 0) is 91.3 Å². The van der Waals surface area contributed by atoms with Crippen LogP contribution in [0, 0.1) is 26.7 Å². The van der Waals surface area contributed by atoms with Gasteiger partial charge in [0.15, 0.2) is 0 Å². The minimum absolute atomic E-state index is 0.0371. The smallest absolute Gasteiger partial charge is 0.309 e. The standard InChI is InChI=1S/C32H40N4O3/c1-7-36(34)28-13-12-27(21(4)30(28)33)29(22(5)32(38)39-6)24-11-10-23-14-15-35(18-26(23)17-24)31(37)25-9-8-19(2)20(3)16-25/h8-13,16-17,22,29H,7,14-15,18,33-34H2,1-6H3. The number of fused-ring (bicyclic) bond motifs is 1. The van der Waals surface area contributed by atoms with Crippen LogP contribution in [0.1, 0.15) is 69.1 Å². The van der Waals surface area contributed by atoms with Crippen LogP contribution >= 0.6 is 0 Å². The first kappa shape index (κ1) is 28.2. The average Bonchev–Trinajstić information content (AvgIpc) is 2.95. The molecule has 1 heterocycles. The molecular weight excluding hydrogens is 488 g/mol. The minimum atomic E-state index is -0.450. The lowest BCUT2D eigenvalue weighted by Gasteiger charge is -2.31. The van der Waals surface area contributed by atoms with Crippen molar-refractivity contribution in [1.82, 2.24) is 4.90 Å². The van der Waals surface area contributed by atoms with E-state index in [2.05, 4.69) is 18.2 Å². The Morgan fingerprint density at radius 1 is 1.03 bits per heavy atom. The molecule has 1 aliphatic heterocycles. The number of ether oxygens (including phenoxy) is 1. The van der Waals surface area contributed by atoms with Gasteiger partial charge in [-0.15, -0.1) is 0 Å². The van der Waals surface area contributed by atoms with Crippen molar-refractivity contribution in [2.75, 3.05) is 30.9 Å². The van der Waals surface area contributed by atoms with Crippen molar-refractivity contribution >= 4 is 23.3 Å². The van der Waals surface area contributed by atoms with Gasteiger partial charge in [0.2, 0.25) is 0 Å². The van der Waals surface area contributed by atoms with E-state index in [1.165, 1.54) is 18.2 Å². The number of carbonyl (C=O) groups excluding carboxylic acids is 2. The van der Waals surface area contributed by atoms with E-state index in [0.717, 1.165) is 39.9 Å². The number of nitrogens with two attached hydrogens (primary N) is 2. The molecule has 206 valence electrons. The molecule has 3 aromatic carbocycles. The predicted molar refractivity (Wildman–Crippen MR) is 157 cm³/mol. The molecule has 2 unspecified atom stereocenters. The fourth-order valence-electron chi connectivity index (χ4n) is 5.55. The summed E-state index contributed by atoms with van der Waals surface area (Å²) in [6.45, 7) is 11.7. The van der Waals surface area contributed by atoms with Crippen molar-refractivity contribution < 1.29 is 14.3 Å². The van der Waals surface area contributed by atoms with Crippen LogP contribution < -0.4 is 16.6 Å². The van der Waals surface area contributed by atoms with Gasteiger partial charge in [-0.25, -0.2) is 5.84 Å². The molecular formula is C32H40N4O3. The molecule has 0 bridgehead atoms. The Bertz CT molecular complexity index is 1400. The van der Waals surface area contributed by atoms with Crippen LogP contribution in [0.4, 0.5) is 11.4 Å². The second-order valence-corrected chi connectivity index (χ2v) is 10.6. The number of rotatable bonds is 7. The van der Waals surface area contributed by atoms with Crippen molar-refractivity contribution in [2.24, 2.45) is 11.8 Å². The lowest BCUT2D eigenvalue weighted by molar-refractivity contribution is -0.145. The van der Waals surface area contributed by atoms with E-state index in [9.17, 15) is 9.59 Å². The number of amides is 1. The fourth-order valence-corrected chi connectivity index (χ4v) is 5.55. The van der Waals surface area contributed by atoms with Gasteiger partial charge in [-0.2, -0.15) is 0 Å². The Morgan fingerprint density at radius 3 is 2.44 bits per heavy atom. The topological polar surface area (TPSA) is 102 Å². The van der Waals surface area contributed by atoms with Crippen LogP contribution in [0.25, 0.3) is 0 Å². The van der Waals surface area contributed by atoms with Crippen LogP contribution in [0.2, 0.25) is 0 Å². The molecule has 3 aromatic rings. The van der Waals surface area contributed by atoms with Crippen LogP contribution in [0.15, 0.2) is 48.5 Å². The number of hydrogen-bond donors (Lipinski definition) is 2. The molecule has 0 aromatic heterocycles. The van der Waals surface area contributed by atoms with Crippen LogP contribution in [-0.2, 0) is 22.5 Å². The number of nitrogens with zero attached hydrogens (tertiary/aromatic N) is 2. The molecule has 0 aliphatic carbocycles. The number of hydrogen-bond acceptors (Lipinski definition) is 6. The summed E-state index contributed by atoms with van der Waals surface area (Å²) in [5, 5.41) is 1.62. The maximum absolute atomic E-state index is 13.4. The van der Waals surface area contributed by atoms with Crippen LogP contribution in [-0.4, -0.2) is 37.0 Å². The number of nitrogen functional groups attached to an aromatic ring is 1. The van der Waals surface area contributed by atoms with Crippen molar-refractivity contribution in [2.45, 2.75) is 53.5 Å². The van der Waals surface area contributed by atoms with E-state index >= 15 is 0 Å². The highest BCUT2D eigenvalue weighted by molar-refractivity contribution is 5.94. The Hall–Kier alpha value is -3.84. The average molecular weight is 529 g/mol. The summed E-state index contributed by atoms with van der Waals surface area (Å²) in [5.41, 5.74) is 16.0. The SMILES string of the molecule is CCN(N)c1ccc(C(c2ccc3c(c2)CN(C(=O)c2ccc(C)c(C)c2)CC3)C(C)C(=O)OC)c(C)c1N. The summed E-state index contributed by atoms with van der Waals surface area (Å²) in [6, 6.07) is 16.2. The lowest BCUT2D eigenvalue weighted by Crippen LogP contribution is -2.36. The van der Waals surface area contributed by atoms with E-state index in [4.69, 9.17) is 16.3 Å². The first-order valence-corrected chi connectivity index (χ1v) is 13.5. The minimum Gasteiger partial charge on any atom is -0.469 e. The van der Waals surface area contributed by atoms with Gasteiger partial charge < -0.3 is 20.4 Å². The monoisotopic (exact) mass is 528 g/mol. The molecule has 0 saturated heterocycles. The first-order chi connectivity index (χ1) is 18.6. The molecule has 7 heteroatoms. The van der Waals surface area contributed by atoms with Crippen LogP contribution in [0.5, 0.6) is 0 Å². The van der Waals surface area contributed by atoms with Gasteiger partial charge in [-0.1, -0.05) is 37.3 Å². The predicted octanol–water partition coefficient (Wildman–Crippen LogP) is 5.03. The van der Waals surface area contributed by atoms with Gasteiger partial charge >= 0.3 is 5.97 Å². The highest BCUT2D eigenvalue weighted by atomic mass is 16.5. The zero-order chi connectivity index (χ0) is 28.4. The van der Waals surface area contributed by atoms with Gasteiger partial charge in [0.1, 0.15) is 0 Å². The lowest BCUT2D eigenvalue weighted by atomic mass is 9.78. The maximum atomic E-state index is 13.4. The van der Waals surface area contributed by atoms with E-state index < -0.39 is 5.92 Å². The molecule has 4 rings (SSSR count). The largest absolute Gasteiger partial charge is 0.469 e. The molecule has 0 fully saturated rings. The number of anilines is 2. The molecule has 1 amide bonds. The summed E-state index contributed by atoms with van der Waals surface area (Å²) >= 11 is 0. The van der Waals surface area contributed by atoms with E-state index in [-0.39, 0.29) is 17.8 Å². The van der Waals surface area contributed by atoms with E-state index in [0.29, 0.717) is 30.9 Å². The summed E-state index contributed by atoms with van der Waals surface area (Å²) in [6.07, 6.45) is 0.785. The van der Waals surface area contributed by atoms with Crippen molar-refractivity contribution in [3.8, 4) is 0 Å². The quantitative estimate of drug-likeness (QED) is 0.193. The third-order valence-corrected chi connectivity index (χ3v) is 8.23. The Morgan fingerprint density at radius 2 is 1.77 bits per heavy atom. The fraction of sp³-hybridized carbons (Fsp3) is 0.375. The Balaban J connectivity index is 1.72. The van der Waals surface area contributed by atoms with Crippen molar-refractivity contribution in [1.29, 1.82) is 0 Å². The molecule has 1 aliphatic rings. The molecule has 0 saturated carbocycles. The second-order valence-electron chi connectivity index (χ2n) is 10.6. The highest BCUT2D eigenvalue weighted by Gasteiger charge is 2.31. The molecule has 4 N–H and O–H groups in total. The molecule has 2 atom stereocenters. The number of methoxy groups -OCH3 is 1. The molecule has 7 nitrogen and oxygen atoms in total. The zero-order valence-electron chi connectivity index (χ0n) is 23.9. The highest BCUT2D eigenvalue weighted by Crippen LogP contribution is 2.40. The summed E-state index contributed by atoms with van der Waals surface area (Å²) < 4.78 is 5.16. The number of aryl methyl sites for hydroxylation is 2. The number of hydrazine groups is 1. The van der Waals surface area contributed by atoms with E-state index in [1.54, 1.807) is 5.01 Å². The third-order valence-electron chi connectivity index (χ3n) is 8.23. The summed E-state index contributed by atoms with van der Waals surface area (Å²) in [4.78, 5) is 28.1. The zero-order valence-corrected chi connectivity index (χ0v) is 23.9. The number of esters is 1. The number of carbonyl (C=O) groups is 2. The van der Waals surface area contributed by atoms with Gasteiger partial charge in [0.25, 0.3) is 5.91 Å².